The lowest BCUT2D eigenvalue weighted by atomic mass is 10.0. The molecule has 2 aromatic rings. The molecule has 2 N–H and O–H groups in total. The van der Waals surface area contributed by atoms with Crippen molar-refractivity contribution in [3.8, 4) is 28.4 Å². The van der Waals surface area contributed by atoms with Gasteiger partial charge in [0.1, 0.15) is 17.2 Å². The van der Waals surface area contributed by atoms with E-state index in [9.17, 15) is 10.2 Å². The Labute approximate surface area is 93.6 Å². The van der Waals surface area contributed by atoms with E-state index in [0.29, 0.717) is 5.56 Å². The van der Waals surface area contributed by atoms with Gasteiger partial charge < -0.3 is 14.9 Å². The van der Waals surface area contributed by atoms with Crippen molar-refractivity contribution in [3.63, 3.8) is 0 Å². The van der Waals surface area contributed by atoms with Crippen LogP contribution < -0.4 is 4.74 Å². The number of aromatic hydroxyl groups is 2. The highest BCUT2D eigenvalue weighted by molar-refractivity contribution is 5.72. The number of methoxy groups -OCH3 is 1. The van der Waals surface area contributed by atoms with Crippen LogP contribution in [0.2, 0.25) is 0 Å². The Morgan fingerprint density at radius 3 is 2.50 bits per heavy atom. The fourth-order valence-electron chi connectivity index (χ4n) is 1.55. The van der Waals surface area contributed by atoms with Crippen molar-refractivity contribution < 1.29 is 14.9 Å². The molecule has 0 radical (unpaired) electrons. The lowest BCUT2D eigenvalue weighted by molar-refractivity contribution is 0.415. The molecule has 0 bridgehead atoms. The Morgan fingerprint density at radius 1 is 1.00 bits per heavy atom. The molecular weight excluding hydrogens is 204 g/mol. The third-order valence-electron chi connectivity index (χ3n) is 2.36. The topological polar surface area (TPSA) is 49.7 Å². The van der Waals surface area contributed by atoms with Gasteiger partial charge in [0.15, 0.2) is 0 Å². The highest BCUT2D eigenvalue weighted by atomic mass is 16.5. The summed E-state index contributed by atoms with van der Waals surface area (Å²) in [6, 6.07) is 11.9. The SMILES string of the molecule is COc1cccc(-c2ccc(O)cc2O)c1. The Kier molecular flexibility index (Phi) is 2.68. The fourth-order valence-corrected chi connectivity index (χ4v) is 1.55. The van der Waals surface area contributed by atoms with E-state index in [0.717, 1.165) is 11.3 Å². The Morgan fingerprint density at radius 2 is 1.81 bits per heavy atom. The molecule has 3 heteroatoms. The van der Waals surface area contributed by atoms with Crippen molar-refractivity contribution in [1.82, 2.24) is 0 Å². The number of phenols is 2. The molecule has 2 rings (SSSR count). The van der Waals surface area contributed by atoms with Gasteiger partial charge in [-0.05, 0) is 29.8 Å². The molecule has 82 valence electrons. The second kappa shape index (κ2) is 4.14. The third-order valence-corrected chi connectivity index (χ3v) is 2.36. The molecule has 2 aromatic carbocycles. The Hall–Kier alpha value is -2.16. The van der Waals surface area contributed by atoms with Crippen LogP contribution in [0.3, 0.4) is 0 Å². The molecule has 0 unspecified atom stereocenters. The van der Waals surface area contributed by atoms with Crippen molar-refractivity contribution >= 4 is 0 Å². The molecule has 0 atom stereocenters. The van der Waals surface area contributed by atoms with Crippen LogP contribution in [0.4, 0.5) is 0 Å². The summed E-state index contributed by atoms with van der Waals surface area (Å²) in [4.78, 5) is 0. The smallest absolute Gasteiger partial charge is 0.127 e. The summed E-state index contributed by atoms with van der Waals surface area (Å²) in [7, 11) is 1.59. The summed E-state index contributed by atoms with van der Waals surface area (Å²) in [6.07, 6.45) is 0. The maximum atomic E-state index is 9.71. The van der Waals surface area contributed by atoms with Gasteiger partial charge >= 0.3 is 0 Å². The predicted molar refractivity (Wildman–Crippen MR) is 61.8 cm³/mol. The van der Waals surface area contributed by atoms with Crippen molar-refractivity contribution in [1.29, 1.82) is 0 Å². The number of hydrogen-bond acceptors (Lipinski definition) is 3. The zero-order valence-corrected chi connectivity index (χ0v) is 8.84. The first-order chi connectivity index (χ1) is 7.70. The van der Waals surface area contributed by atoms with E-state index < -0.39 is 0 Å². The van der Waals surface area contributed by atoms with Crippen LogP contribution in [-0.4, -0.2) is 17.3 Å². The van der Waals surface area contributed by atoms with Gasteiger partial charge in [0.05, 0.1) is 7.11 Å². The van der Waals surface area contributed by atoms with E-state index in [2.05, 4.69) is 0 Å². The zero-order chi connectivity index (χ0) is 11.5. The van der Waals surface area contributed by atoms with Gasteiger partial charge in [-0.2, -0.15) is 0 Å². The van der Waals surface area contributed by atoms with Crippen molar-refractivity contribution in [2.24, 2.45) is 0 Å². The molecule has 16 heavy (non-hydrogen) atoms. The molecule has 0 aliphatic rings. The lowest BCUT2D eigenvalue weighted by Gasteiger charge is -2.07. The fraction of sp³-hybridized carbons (Fsp3) is 0.0769. The van der Waals surface area contributed by atoms with Gasteiger partial charge in [-0.3, -0.25) is 0 Å². The molecule has 3 nitrogen and oxygen atoms in total. The first-order valence-corrected chi connectivity index (χ1v) is 4.87. The second-order valence-electron chi connectivity index (χ2n) is 3.43. The Balaban J connectivity index is 2.49. The van der Waals surface area contributed by atoms with Gasteiger partial charge in [0, 0.05) is 11.6 Å². The summed E-state index contributed by atoms with van der Waals surface area (Å²) in [5.41, 5.74) is 1.51. The number of phenolic OH excluding ortho intramolecular Hbond substituents is 2. The van der Waals surface area contributed by atoms with Crippen molar-refractivity contribution in [2.75, 3.05) is 7.11 Å². The highest BCUT2D eigenvalue weighted by Gasteiger charge is 2.05. The molecule has 0 spiro atoms. The average molecular weight is 216 g/mol. The maximum Gasteiger partial charge on any atom is 0.127 e. The van der Waals surface area contributed by atoms with Crippen LogP contribution in [0.1, 0.15) is 0 Å². The molecule has 0 fully saturated rings. The highest BCUT2D eigenvalue weighted by Crippen LogP contribution is 2.33. The summed E-state index contributed by atoms with van der Waals surface area (Å²) >= 11 is 0. The molecule has 0 amide bonds. The van der Waals surface area contributed by atoms with Gasteiger partial charge in [0.25, 0.3) is 0 Å². The Bertz CT molecular complexity index is 506. The largest absolute Gasteiger partial charge is 0.508 e. The van der Waals surface area contributed by atoms with E-state index in [1.807, 2.05) is 24.3 Å². The summed E-state index contributed by atoms with van der Waals surface area (Å²) in [5, 5.41) is 18.9. The summed E-state index contributed by atoms with van der Waals surface area (Å²) in [5.74, 6) is 0.822. The van der Waals surface area contributed by atoms with E-state index in [1.165, 1.54) is 12.1 Å². The van der Waals surface area contributed by atoms with Crippen LogP contribution >= 0.6 is 0 Å². The van der Waals surface area contributed by atoms with Crippen LogP contribution in [0.5, 0.6) is 17.2 Å². The lowest BCUT2D eigenvalue weighted by Crippen LogP contribution is -1.84. The van der Waals surface area contributed by atoms with E-state index in [-0.39, 0.29) is 11.5 Å². The third kappa shape index (κ3) is 1.93. The number of ether oxygens (including phenoxy) is 1. The van der Waals surface area contributed by atoms with Gasteiger partial charge in [0.2, 0.25) is 0 Å². The average Bonchev–Trinajstić information content (AvgIpc) is 2.29. The minimum Gasteiger partial charge on any atom is -0.508 e. The predicted octanol–water partition coefficient (Wildman–Crippen LogP) is 2.77. The second-order valence-corrected chi connectivity index (χ2v) is 3.43. The van der Waals surface area contributed by atoms with E-state index in [4.69, 9.17) is 4.74 Å². The molecule has 0 saturated carbocycles. The summed E-state index contributed by atoms with van der Waals surface area (Å²) < 4.78 is 5.11. The maximum absolute atomic E-state index is 9.71. The first kappa shape index (κ1) is 10.4. The van der Waals surface area contributed by atoms with Crippen LogP contribution in [0, 0.1) is 0 Å². The van der Waals surface area contributed by atoms with Crippen LogP contribution in [0.25, 0.3) is 11.1 Å². The first-order valence-electron chi connectivity index (χ1n) is 4.87. The van der Waals surface area contributed by atoms with E-state index in [1.54, 1.807) is 13.2 Å². The zero-order valence-electron chi connectivity index (χ0n) is 8.84. The number of hydrogen-bond donors (Lipinski definition) is 2. The summed E-state index contributed by atoms with van der Waals surface area (Å²) in [6.45, 7) is 0. The molecule has 0 saturated heterocycles. The van der Waals surface area contributed by atoms with Gasteiger partial charge in [-0.15, -0.1) is 0 Å². The van der Waals surface area contributed by atoms with E-state index >= 15 is 0 Å². The molecule has 0 heterocycles. The number of rotatable bonds is 2. The number of benzene rings is 2. The van der Waals surface area contributed by atoms with Crippen LogP contribution in [-0.2, 0) is 0 Å². The normalized spacial score (nSPS) is 10.1. The molecule has 0 aromatic heterocycles. The van der Waals surface area contributed by atoms with Gasteiger partial charge in [-0.25, -0.2) is 0 Å². The van der Waals surface area contributed by atoms with Crippen LogP contribution in [0.15, 0.2) is 42.5 Å². The van der Waals surface area contributed by atoms with Gasteiger partial charge in [-0.1, -0.05) is 12.1 Å². The van der Waals surface area contributed by atoms with Crippen molar-refractivity contribution in [3.05, 3.63) is 42.5 Å². The quantitative estimate of drug-likeness (QED) is 0.811. The molecule has 0 aliphatic heterocycles. The molecule has 0 aliphatic carbocycles. The minimum absolute atomic E-state index is 0.0455. The monoisotopic (exact) mass is 216 g/mol. The van der Waals surface area contributed by atoms with Crippen molar-refractivity contribution in [2.45, 2.75) is 0 Å². The molecular formula is C13H12O3. The minimum atomic E-state index is 0.0455. The standard InChI is InChI=1S/C13H12O3/c1-16-11-4-2-3-9(7-11)12-6-5-10(14)8-13(12)15/h2-8,14-15H,1H3.